The molecule has 24 heavy (non-hydrogen) atoms. The molecule has 132 valence electrons. The number of nitrogens with zero attached hydrogens (tertiary/aromatic N) is 1. The molecular weight excluding hydrogens is 344 g/mol. The van der Waals surface area contributed by atoms with E-state index in [0.29, 0.717) is 5.92 Å². The summed E-state index contributed by atoms with van der Waals surface area (Å²) in [6.45, 7) is -0.138. The molecule has 3 atom stereocenters. The fourth-order valence-electron chi connectivity index (χ4n) is 3.89. The average Bonchev–Trinajstić information content (AvgIpc) is 3.17. The van der Waals surface area contributed by atoms with E-state index in [1.165, 1.54) is 26.3 Å². The van der Waals surface area contributed by atoms with Gasteiger partial charge in [0.2, 0.25) is 15.9 Å². The van der Waals surface area contributed by atoms with Gasteiger partial charge in [-0.3, -0.25) is 4.79 Å². The number of likely N-dealkylation sites (N-methyl/N-ethyl adjacent to an activating group) is 1. The first-order valence-electron chi connectivity index (χ1n) is 8.30. The van der Waals surface area contributed by atoms with Crippen molar-refractivity contribution in [3.63, 3.8) is 0 Å². The van der Waals surface area contributed by atoms with Gasteiger partial charge in [-0.1, -0.05) is 6.42 Å². The zero-order chi connectivity index (χ0) is 17.3. The van der Waals surface area contributed by atoms with Crippen molar-refractivity contribution in [2.45, 2.75) is 41.5 Å². The third-order valence-electron chi connectivity index (χ3n) is 5.22. The molecule has 0 heterocycles. The molecule has 3 rings (SSSR count). The molecular formula is C17H24N2O3S2. The number of rotatable bonds is 6. The number of carbonyl (C=O) groups is 1. The number of amides is 1. The molecule has 2 saturated carbocycles. The van der Waals surface area contributed by atoms with Crippen molar-refractivity contribution in [1.82, 2.24) is 9.62 Å². The molecule has 0 saturated heterocycles. The molecule has 2 fully saturated rings. The van der Waals surface area contributed by atoms with Gasteiger partial charge in [-0.2, -0.15) is 4.31 Å². The van der Waals surface area contributed by atoms with E-state index in [2.05, 4.69) is 5.32 Å². The molecule has 1 N–H and O–H groups in total. The number of carbonyl (C=O) groups excluding carboxylic acids is 1. The second-order valence-electron chi connectivity index (χ2n) is 6.79. The third-order valence-corrected chi connectivity index (χ3v) is 7.78. The Morgan fingerprint density at radius 3 is 2.50 bits per heavy atom. The first kappa shape index (κ1) is 17.8. The number of fused-ring (bicyclic) bond motifs is 2. The lowest BCUT2D eigenvalue weighted by molar-refractivity contribution is -0.122. The van der Waals surface area contributed by atoms with Crippen molar-refractivity contribution < 1.29 is 13.2 Å². The van der Waals surface area contributed by atoms with E-state index in [-0.39, 0.29) is 23.4 Å². The Kier molecular flexibility index (Phi) is 5.22. The van der Waals surface area contributed by atoms with Gasteiger partial charge < -0.3 is 5.32 Å². The van der Waals surface area contributed by atoms with Gasteiger partial charge in [0.15, 0.2) is 0 Å². The van der Waals surface area contributed by atoms with E-state index in [9.17, 15) is 13.2 Å². The maximum absolute atomic E-state index is 12.6. The van der Waals surface area contributed by atoms with Gasteiger partial charge in [-0.15, -0.1) is 11.8 Å². The summed E-state index contributed by atoms with van der Waals surface area (Å²) in [5, 5.41) is 3.03. The predicted molar refractivity (Wildman–Crippen MR) is 95.4 cm³/mol. The van der Waals surface area contributed by atoms with Crippen molar-refractivity contribution >= 4 is 27.7 Å². The van der Waals surface area contributed by atoms with Gasteiger partial charge in [-0.05, 0) is 61.6 Å². The molecule has 0 unspecified atom stereocenters. The number of benzene rings is 1. The Balaban J connectivity index is 1.60. The lowest BCUT2D eigenvalue weighted by Crippen LogP contribution is -2.44. The van der Waals surface area contributed by atoms with Crippen LogP contribution in [0.5, 0.6) is 0 Å². The third kappa shape index (κ3) is 3.63. The second kappa shape index (κ2) is 7.06. The summed E-state index contributed by atoms with van der Waals surface area (Å²) in [5.74, 6) is 1.12. The Labute approximate surface area is 148 Å². The first-order valence-corrected chi connectivity index (χ1v) is 11.0. The van der Waals surface area contributed by atoms with Gasteiger partial charge in [-0.25, -0.2) is 8.42 Å². The summed E-state index contributed by atoms with van der Waals surface area (Å²) in [4.78, 5) is 13.5. The first-order chi connectivity index (χ1) is 11.4. The molecule has 1 aromatic rings. The molecule has 0 spiro atoms. The summed E-state index contributed by atoms with van der Waals surface area (Å²) >= 11 is 1.56. The summed E-state index contributed by atoms with van der Waals surface area (Å²) in [7, 11) is -2.18. The van der Waals surface area contributed by atoms with Crippen LogP contribution in [0.2, 0.25) is 0 Å². The van der Waals surface area contributed by atoms with Crippen LogP contribution in [0.25, 0.3) is 0 Å². The lowest BCUT2D eigenvalue weighted by Gasteiger charge is -2.24. The van der Waals surface area contributed by atoms with Gasteiger partial charge in [0.05, 0.1) is 11.4 Å². The van der Waals surface area contributed by atoms with Crippen LogP contribution >= 0.6 is 11.8 Å². The molecule has 0 aromatic heterocycles. The van der Waals surface area contributed by atoms with Crippen LogP contribution in [0.4, 0.5) is 0 Å². The number of hydrogen-bond donors (Lipinski definition) is 1. The molecule has 2 aliphatic carbocycles. The van der Waals surface area contributed by atoms with Crippen LogP contribution < -0.4 is 5.32 Å². The number of sulfonamides is 1. The minimum atomic E-state index is -3.64. The molecule has 1 amide bonds. The zero-order valence-corrected chi connectivity index (χ0v) is 15.7. The van der Waals surface area contributed by atoms with Gasteiger partial charge >= 0.3 is 0 Å². The summed E-state index contributed by atoms with van der Waals surface area (Å²) < 4.78 is 26.3. The molecule has 5 nitrogen and oxygen atoms in total. The number of thioether (sulfide) groups is 1. The van der Waals surface area contributed by atoms with E-state index < -0.39 is 10.0 Å². The zero-order valence-electron chi connectivity index (χ0n) is 14.1. The average molecular weight is 369 g/mol. The van der Waals surface area contributed by atoms with Crippen molar-refractivity contribution in [3.05, 3.63) is 24.3 Å². The van der Waals surface area contributed by atoms with Crippen LogP contribution in [-0.2, 0) is 14.8 Å². The van der Waals surface area contributed by atoms with Crippen LogP contribution in [0.3, 0.4) is 0 Å². The fourth-order valence-corrected chi connectivity index (χ4v) is 5.42. The van der Waals surface area contributed by atoms with Crippen LogP contribution in [0.1, 0.15) is 25.7 Å². The van der Waals surface area contributed by atoms with Crippen molar-refractivity contribution in [2.75, 3.05) is 19.8 Å². The summed E-state index contributed by atoms with van der Waals surface area (Å²) in [6, 6.07) is 6.96. The monoisotopic (exact) mass is 368 g/mol. The molecule has 0 radical (unpaired) electrons. The van der Waals surface area contributed by atoms with Crippen molar-refractivity contribution in [2.24, 2.45) is 11.8 Å². The van der Waals surface area contributed by atoms with E-state index in [0.717, 1.165) is 21.5 Å². The lowest BCUT2D eigenvalue weighted by atomic mass is 9.95. The highest BCUT2D eigenvalue weighted by atomic mass is 32.2. The summed E-state index contributed by atoms with van der Waals surface area (Å²) in [6.07, 6.45) is 6.66. The van der Waals surface area contributed by atoms with E-state index >= 15 is 0 Å². The predicted octanol–water partition coefficient (Wildman–Crippen LogP) is 2.33. The Hall–Kier alpha value is -1.05. The molecule has 7 heteroatoms. The van der Waals surface area contributed by atoms with Gasteiger partial charge in [0.25, 0.3) is 0 Å². The van der Waals surface area contributed by atoms with Crippen LogP contribution in [0, 0.1) is 11.8 Å². The highest BCUT2D eigenvalue weighted by Gasteiger charge is 2.40. The minimum Gasteiger partial charge on any atom is -0.352 e. The quantitative estimate of drug-likeness (QED) is 0.783. The Morgan fingerprint density at radius 2 is 1.96 bits per heavy atom. The molecule has 0 aliphatic heterocycles. The molecule has 2 bridgehead atoms. The normalized spacial score (nSPS) is 26.0. The topological polar surface area (TPSA) is 66.5 Å². The maximum atomic E-state index is 12.6. The fraction of sp³-hybridized carbons (Fsp3) is 0.588. The largest absolute Gasteiger partial charge is 0.352 e. The van der Waals surface area contributed by atoms with Crippen molar-refractivity contribution in [1.29, 1.82) is 0 Å². The summed E-state index contributed by atoms with van der Waals surface area (Å²) in [5.41, 5.74) is 0. The van der Waals surface area contributed by atoms with Crippen LogP contribution in [-0.4, -0.2) is 44.5 Å². The Morgan fingerprint density at radius 1 is 1.25 bits per heavy atom. The minimum absolute atomic E-state index is 0.138. The van der Waals surface area contributed by atoms with Gasteiger partial charge in [0.1, 0.15) is 0 Å². The molecule has 2 aliphatic rings. The highest BCUT2D eigenvalue weighted by molar-refractivity contribution is 7.98. The van der Waals surface area contributed by atoms with Crippen molar-refractivity contribution in [3.8, 4) is 0 Å². The van der Waals surface area contributed by atoms with E-state index in [1.807, 2.05) is 6.26 Å². The number of hydrogen-bond acceptors (Lipinski definition) is 4. The van der Waals surface area contributed by atoms with Crippen LogP contribution in [0.15, 0.2) is 34.1 Å². The Bertz CT molecular complexity index is 703. The van der Waals surface area contributed by atoms with E-state index in [4.69, 9.17) is 0 Å². The maximum Gasteiger partial charge on any atom is 0.243 e. The highest BCUT2D eigenvalue weighted by Crippen LogP contribution is 2.44. The van der Waals surface area contributed by atoms with Gasteiger partial charge in [0, 0.05) is 18.0 Å². The van der Waals surface area contributed by atoms with E-state index in [1.54, 1.807) is 36.0 Å². The standard InChI is InChI=1S/C17H24N2O3S2/c1-19(24(21,22)15-7-5-14(23-2)6-8-15)11-17(20)18-16-10-12-3-4-13(16)9-12/h5-8,12-13,16H,3-4,9-11H2,1-2H3,(H,18,20)/t12-,13-,16+/m0/s1. The SMILES string of the molecule is CSc1ccc(S(=O)(=O)N(C)CC(=O)N[C@@H]2C[C@H]3CC[C@H]2C3)cc1. The second-order valence-corrected chi connectivity index (χ2v) is 9.71. The smallest absolute Gasteiger partial charge is 0.243 e. The molecule has 1 aromatic carbocycles. The number of nitrogens with one attached hydrogen (secondary N) is 1.